The Bertz CT molecular complexity index is 454. The van der Waals surface area contributed by atoms with Crippen LogP contribution in [0.4, 0.5) is 5.82 Å². The fourth-order valence-corrected chi connectivity index (χ4v) is 1.97. The first-order valence-electron chi connectivity index (χ1n) is 5.22. The fraction of sp³-hybridized carbons (Fsp3) is 0.400. The second-order valence-corrected chi connectivity index (χ2v) is 4.55. The third-order valence-electron chi connectivity index (χ3n) is 2.08. The predicted molar refractivity (Wildman–Crippen MR) is 72.5 cm³/mol. The third-order valence-corrected chi connectivity index (χ3v) is 3.02. The summed E-state index contributed by atoms with van der Waals surface area (Å²) in [7, 11) is 1.79. The Morgan fingerprint density at radius 1 is 1.67 bits per heavy atom. The Labute approximate surface area is 110 Å². The first kappa shape index (κ1) is 14.1. The van der Waals surface area contributed by atoms with Crippen molar-refractivity contribution in [2.24, 2.45) is 10.7 Å². The molecule has 0 aliphatic rings. The van der Waals surface area contributed by atoms with Crippen molar-refractivity contribution in [2.45, 2.75) is 5.75 Å². The summed E-state index contributed by atoms with van der Waals surface area (Å²) in [5.41, 5.74) is 11.1. The van der Waals surface area contributed by atoms with Crippen molar-refractivity contribution >= 4 is 23.5 Å². The van der Waals surface area contributed by atoms with E-state index in [1.807, 2.05) is 0 Å². The Morgan fingerprint density at radius 2 is 2.44 bits per heavy atom. The lowest BCUT2D eigenvalue weighted by Gasteiger charge is -2.16. The van der Waals surface area contributed by atoms with Crippen molar-refractivity contribution in [3.05, 3.63) is 18.1 Å². The van der Waals surface area contributed by atoms with Crippen LogP contribution in [-0.4, -0.2) is 40.2 Å². The molecule has 0 fully saturated rings. The highest BCUT2D eigenvalue weighted by atomic mass is 32.2. The van der Waals surface area contributed by atoms with E-state index in [1.54, 1.807) is 42.2 Å². The predicted octanol–water partition coefficient (Wildman–Crippen LogP) is 0.0196. The minimum absolute atomic E-state index is 0.221. The smallest absolute Gasteiger partial charge is 0.209 e. The number of thioether (sulfide) groups is 1. The lowest BCUT2D eigenvalue weighted by molar-refractivity contribution is 0.534. The highest BCUT2D eigenvalue weighted by molar-refractivity contribution is 7.98. The highest BCUT2D eigenvalue weighted by Gasteiger charge is 2.02. The van der Waals surface area contributed by atoms with Crippen LogP contribution in [-0.2, 0) is 5.75 Å². The minimum atomic E-state index is 0.221. The van der Waals surface area contributed by atoms with Gasteiger partial charge in [-0.1, -0.05) is 0 Å². The van der Waals surface area contributed by atoms with Crippen LogP contribution < -0.4 is 11.5 Å². The number of rotatable bonds is 5. The van der Waals surface area contributed by atoms with E-state index >= 15 is 0 Å². The summed E-state index contributed by atoms with van der Waals surface area (Å²) in [6, 6.07) is 1.65. The van der Waals surface area contributed by atoms with Crippen LogP contribution in [0.3, 0.4) is 0 Å². The second-order valence-electron chi connectivity index (χ2n) is 3.44. The van der Waals surface area contributed by atoms with E-state index in [2.05, 4.69) is 15.0 Å². The molecule has 0 aromatic carbocycles. The molecule has 4 N–H and O–H groups in total. The topological polar surface area (TPSA) is 117 Å². The number of nitriles is 1. The summed E-state index contributed by atoms with van der Waals surface area (Å²) in [5, 5.41) is 8.35. The zero-order valence-corrected chi connectivity index (χ0v) is 10.9. The van der Waals surface area contributed by atoms with E-state index < -0.39 is 0 Å². The van der Waals surface area contributed by atoms with Gasteiger partial charge in [0, 0.05) is 25.5 Å². The van der Waals surface area contributed by atoms with Crippen molar-refractivity contribution in [1.82, 2.24) is 14.9 Å². The first-order valence-corrected chi connectivity index (χ1v) is 6.37. The van der Waals surface area contributed by atoms with Gasteiger partial charge in [-0.05, 0) is 6.07 Å². The summed E-state index contributed by atoms with van der Waals surface area (Å²) in [6.45, 7) is 0.698. The van der Waals surface area contributed by atoms with Gasteiger partial charge >= 0.3 is 0 Å². The molecule has 0 unspecified atom stereocenters. The molecule has 0 spiro atoms. The number of hydrogen-bond acceptors (Lipinski definition) is 6. The zero-order chi connectivity index (χ0) is 13.4. The molecule has 0 aliphatic carbocycles. The number of guanidine groups is 1. The summed E-state index contributed by atoms with van der Waals surface area (Å²) >= 11 is 1.66. The van der Waals surface area contributed by atoms with Crippen molar-refractivity contribution < 1.29 is 0 Å². The van der Waals surface area contributed by atoms with Gasteiger partial charge in [-0.25, -0.2) is 9.97 Å². The van der Waals surface area contributed by atoms with Crippen molar-refractivity contribution in [3.8, 4) is 6.19 Å². The molecule has 1 aromatic rings. The molecular weight excluding hydrogens is 250 g/mol. The third kappa shape index (κ3) is 4.88. The Morgan fingerprint density at radius 3 is 3.11 bits per heavy atom. The second kappa shape index (κ2) is 7.34. The van der Waals surface area contributed by atoms with Crippen molar-refractivity contribution in [3.63, 3.8) is 0 Å². The van der Waals surface area contributed by atoms with Gasteiger partial charge in [0.25, 0.3) is 0 Å². The van der Waals surface area contributed by atoms with E-state index in [4.69, 9.17) is 16.7 Å². The van der Waals surface area contributed by atoms with Gasteiger partial charge in [-0.2, -0.15) is 17.0 Å². The number of nitrogens with two attached hydrogens (primary N) is 2. The average molecular weight is 265 g/mol. The molecule has 7 nitrogen and oxygen atoms in total. The molecule has 1 aromatic heterocycles. The van der Waals surface area contributed by atoms with Gasteiger partial charge in [0.1, 0.15) is 11.6 Å². The van der Waals surface area contributed by atoms with Gasteiger partial charge < -0.3 is 16.4 Å². The van der Waals surface area contributed by atoms with E-state index in [0.29, 0.717) is 23.9 Å². The average Bonchev–Trinajstić information content (AvgIpc) is 2.35. The van der Waals surface area contributed by atoms with Crippen LogP contribution in [0.1, 0.15) is 5.82 Å². The molecule has 18 heavy (non-hydrogen) atoms. The van der Waals surface area contributed by atoms with Gasteiger partial charge in [-0.15, -0.1) is 4.99 Å². The Hall–Kier alpha value is -2.01. The molecule has 1 heterocycles. The first-order chi connectivity index (χ1) is 8.63. The SMILES string of the molecule is CN(CCSCc1nccc(N)n1)C(N)=NC#N. The van der Waals surface area contributed by atoms with Gasteiger partial charge in [0.05, 0.1) is 5.75 Å². The van der Waals surface area contributed by atoms with E-state index in [0.717, 1.165) is 5.75 Å². The molecule has 0 radical (unpaired) electrons. The van der Waals surface area contributed by atoms with E-state index in [1.165, 1.54) is 0 Å². The number of nitrogen functional groups attached to an aromatic ring is 1. The molecule has 0 amide bonds. The quantitative estimate of drug-likeness (QED) is 0.333. The molecular formula is C10H15N7S. The molecule has 0 bridgehead atoms. The summed E-state index contributed by atoms with van der Waals surface area (Å²) < 4.78 is 0. The molecule has 0 aliphatic heterocycles. The maximum absolute atomic E-state index is 8.35. The number of hydrogen-bond donors (Lipinski definition) is 2. The van der Waals surface area contributed by atoms with Crippen LogP contribution in [0.2, 0.25) is 0 Å². The molecule has 0 atom stereocenters. The largest absolute Gasteiger partial charge is 0.384 e. The maximum atomic E-state index is 8.35. The molecule has 0 saturated heterocycles. The number of aliphatic imine (C=N–C) groups is 1. The molecule has 96 valence electrons. The van der Waals surface area contributed by atoms with E-state index in [9.17, 15) is 0 Å². The van der Waals surface area contributed by atoms with Crippen LogP contribution in [0.25, 0.3) is 0 Å². The van der Waals surface area contributed by atoms with E-state index in [-0.39, 0.29) is 5.96 Å². The Kier molecular flexibility index (Phi) is 5.73. The van der Waals surface area contributed by atoms with Gasteiger partial charge in [0.2, 0.25) is 12.2 Å². The lowest BCUT2D eigenvalue weighted by atomic mass is 10.5. The minimum Gasteiger partial charge on any atom is -0.384 e. The number of nitrogens with zero attached hydrogens (tertiary/aromatic N) is 5. The summed E-state index contributed by atoms with van der Waals surface area (Å²) in [6.07, 6.45) is 3.29. The number of aromatic nitrogens is 2. The highest BCUT2D eigenvalue weighted by Crippen LogP contribution is 2.08. The standard InChI is InChI=1S/C10H15N7S/c1-17(10(13)15-7-11)4-5-18-6-9-14-3-2-8(12)16-9/h2-3H,4-6H2,1H3,(H2,13,15)(H2,12,14,16). The van der Waals surface area contributed by atoms with Crippen LogP contribution in [0.15, 0.2) is 17.3 Å². The monoisotopic (exact) mass is 265 g/mol. The van der Waals surface area contributed by atoms with Crippen LogP contribution >= 0.6 is 11.8 Å². The van der Waals surface area contributed by atoms with Gasteiger partial charge in [0.15, 0.2) is 0 Å². The van der Waals surface area contributed by atoms with Gasteiger partial charge in [-0.3, -0.25) is 0 Å². The lowest BCUT2D eigenvalue weighted by Crippen LogP contribution is -2.35. The van der Waals surface area contributed by atoms with Crippen molar-refractivity contribution in [1.29, 1.82) is 5.26 Å². The normalized spacial score (nSPS) is 11.0. The fourth-order valence-electron chi connectivity index (χ4n) is 1.10. The molecule has 8 heteroatoms. The molecule has 0 saturated carbocycles. The zero-order valence-electron chi connectivity index (χ0n) is 10.1. The van der Waals surface area contributed by atoms with Crippen molar-refractivity contribution in [2.75, 3.05) is 25.1 Å². The maximum Gasteiger partial charge on any atom is 0.209 e. The Balaban J connectivity index is 2.27. The summed E-state index contributed by atoms with van der Waals surface area (Å²) in [4.78, 5) is 13.4. The van der Waals surface area contributed by atoms with Crippen LogP contribution in [0, 0.1) is 11.5 Å². The molecule has 1 rings (SSSR count). The summed E-state index contributed by atoms with van der Waals surface area (Å²) in [5.74, 6) is 2.92. The number of anilines is 1. The van der Waals surface area contributed by atoms with Crippen LogP contribution in [0.5, 0.6) is 0 Å².